The van der Waals surface area contributed by atoms with E-state index in [9.17, 15) is 0 Å². The van der Waals surface area contributed by atoms with Crippen LogP contribution in [0.3, 0.4) is 0 Å². The van der Waals surface area contributed by atoms with Crippen molar-refractivity contribution in [1.29, 1.82) is 0 Å². The summed E-state index contributed by atoms with van der Waals surface area (Å²) in [5, 5.41) is 4.63. The first-order valence-corrected chi connectivity index (χ1v) is 11.6. The van der Waals surface area contributed by atoms with Gasteiger partial charge in [-0.05, 0) is 25.3 Å². The first kappa shape index (κ1) is 18.5. The van der Waals surface area contributed by atoms with Crippen molar-refractivity contribution < 1.29 is 10.1 Å². The van der Waals surface area contributed by atoms with Crippen molar-refractivity contribution in [2.45, 2.75) is 57.4 Å². The molecule has 4 rings (SSSR count). The molecule has 7 heteroatoms. The van der Waals surface area contributed by atoms with Crippen molar-refractivity contribution in [3.63, 3.8) is 0 Å². The molecule has 0 saturated carbocycles. The molecule has 142 valence electrons. The molecule has 4 heterocycles. The minimum Gasteiger partial charge on any atom is -0.369 e. The second kappa shape index (κ2) is 7.62. The number of nitrogens with zero attached hydrogens (tertiary/aromatic N) is 3. The molecule has 2 aromatic heterocycles. The third-order valence-corrected chi connectivity index (χ3v) is 7.64. The van der Waals surface area contributed by atoms with Crippen LogP contribution in [0.1, 0.15) is 44.1 Å². The SMILES string of the molecule is CCCSc1nc(N2CC[NH2+]CC2)c2c3c(sc2n1)CO[C@](C)(CC)C3. The summed E-state index contributed by atoms with van der Waals surface area (Å²) in [7, 11) is 0. The number of ether oxygens (including phenoxy) is 1. The lowest BCUT2D eigenvalue weighted by molar-refractivity contribution is -0.655. The highest BCUT2D eigenvalue weighted by molar-refractivity contribution is 7.99. The number of quaternary nitrogens is 1. The average molecular weight is 394 g/mol. The summed E-state index contributed by atoms with van der Waals surface area (Å²) in [6, 6.07) is 0. The molecule has 0 spiro atoms. The predicted octanol–water partition coefficient (Wildman–Crippen LogP) is 2.82. The zero-order valence-corrected chi connectivity index (χ0v) is 17.6. The third-order valence-electron chi connectivity index (χ3n) is 5.49. The van der Waals surface area contributed by atoms with E-state index < -0.39 is 0 Å². The lowest BCUT2D eigenvalue weighted by atomic mass is 9.90. The summed E-state index contributed by atoms with van der Waals surface area (Å²) in [6.07, 6.45) is 3.14. The molecule has 0 aliphatic carbocycles. The van der Waals surface area contributed by atoms with E-state index in [1.807, 2.05) is 11.3 Å². The van der Waals surface area contributed by atoms with Gasteiger partial charge < -0.3 is 15.0 Å². The maximum Gasteiger partial charge on any atom is 0.190 e. The Kier molecular flexibility index (Phi) is 5.41. The van der Waals surface area contributed by atoms with Crippen LogP contribution in [-0.4, -0.2) is 47.5 Å². The fraction of sp³-hybridized carbons (Fsp3) is 0.684. The molecule has 2 aliphatic rings. The fourth-order valence-electron chi connectivity index (χ4n) is 3.71. The number of aromatic nitrogens is 2. The van der Waals surface area contributed by atoms with Crippen molar-refractivity contribution in [2.75, 3.05) is 36.8 Å². The van der Waals surface area contributed by atoms with Crippen molar-refractivity contribution >= 4 is 39.1 Å². The van der Waals surface area contributed by atoms with E-state index in [-0.39, 0.29) is 5.60 Å². The fourth-order valence-corrected chi connectivity index (χ4v) is 5.56. The van der Waals surface area contributed by atoms with E-state index in [1.54, 1.807) is 11.8 Å². The van der Waals surface area contributed by atoms with Crippen LogP contribution >= 0.6 is 23.1 Å². The number of hydrogen-bond acceptors (Lipinski definition) is 6. The van der Waals surface area contributed by atoms with Crippen LogP contribution in [0.5, 0.6) is 0 Å². The van der Waals surface area contributed by atoms with Gasteiger partial charge in [-0.2, -0.15) is 0 Å². The summed E-state index contributed by atoms with van der Waals surface area (Å²) in [5.74, 6) is 2.24. The Morgan fingerprint density at radius 3 is 2.81 bits per heavy atom. The minimum atomic E-state index is -0.0659. The first-order valence-electron chi connectivity index (χ1n) is 9.79. The maximum atomic E-state index is 6.19. The molecule has 0 aromatic carbocycles. The van der Waals surface area contributed by atoms with Gasteiger partial charge in [0.2, 0.25) is 0 Å². The summed E-state index contributed by atoms with van der Waals surface area (Å²) in [6.45, 7) is 11.8. The Balaban J connectivity index is 1.83. The lowest BCUT2D eigenvalue weighted by Gasteiger charge is -2.33. The van der Waals surface area contributed by atoms with Crippen molar-refractivity contribution in [2.24, 2.45) is 0 Å². The summed E-state index contributed by atoms with van der Waals surface area (Å²) < 4.78 is 6.19. The molecule has 0 bridgehead atoms. The lowest BCUT2D eigenvalue weighted by Crippen LogP contribution is -2.89. The van der Waals surface area contributed by atoms with E-state index >= 15 is 0 Å². The molecule has 26 heavy (non-hydrogen) atoms. The second-order valence-corrected chi connectivity index (χ2v) is 9.63. The number of hydrogen-bond donors (Lipinski definition) is 1. The standard InChI is InChI=1S/C19H28N4OS2/c1-4-10-25-18-21-16(23-8-6-20-7-9-23)15-13-11-19(3,5-2)24-12-14(13)26-17(15)22-18/h20H,4-12H2,1-3H3/p+1/t19-/m1/s1. The van der Waals surface area contributed by atoms with E-state index in [2.05, 4.69) is 31.0 Å². The molecule has 0 amide bonds. The monoisotopic (exact) mass is 393 g/mol. The smallest absolute Gasteiger partial charge is 0.190 e. The highest BCUT2D eigenvalue weighted by Gasteiger charge is 2.34. The first-order chi connectivity index (χ1) is 12.6. The third kappa shape index (κ3) is 3.46. The number of fused-ring (bicyclic) bond motifs is 3. The quantitative estimate of drug-likeness (QED) is 0.625. The predicted molar refractivity (Wildman–Crippen MR) is 109 cm³/mol. The number of piperazine rings is 1. The molecule has 2 aromatic rings. The van der Waals surface area contributed by atoms with Crippen LogP contribution < -0.4 is 10.2 Å². The van der Waals surface area contributed by atoms with E-state index in [0.717, 1.165) is 61.2 Å². The molecular formula is C19H29N4OS2+. The Labute approximate surface area is 163 Å². The van der Waals surface area contributed by atoms with Gasteiger partial charge in [-0.15, -0.1) is 11.3 Å². The van der Waals surface area contributed by atoms with Gasteiger partial charge in [0, 0.05) is 17.1 Å². The molecule has 1 fully saturated rings. The van der Waals surface area contributed by atoms with Crippen molar-refractivity contribution in [1.82, 2.24) is 9.97 Å². The molecular weight excluding hydrogens is 364 g/mol. The van der Waals surface area contributed by atoms with Gasteiger partial charge in [0.1, 0.15) is 10.6 Å². The number of thioether (sulfide) groups is 1. The Bertz CT molecular complexity index is 787. The van der Waals surface area contributed by atoms with Gasteiger partial charge >= 0.3 is 0 Å². The molecule has 5 nitrogen and oxygen atoms in total. The summed E-state index contributed by atoms with van der Waals surface area (Å²) >= 11 is 3.60. The molecule has 1 atom stereocenters. The van der Waals surface area contributed by atoms with Crippen LogP contribution in [-0.2, 0) is 17.8 Å². The zero-order valence-electron chi connectivity index (χ0n) is 16.0. The zero-order chi connectivity index (χ0) is 18.1. The summed E-state index contributed by atoms with van der Waals surface area (Å²) in [5.41, 5.74) is 1.38. The van der Waals surface area contributed by atoms with Gasteiger partial charge in [0.25, 0.3) is 0 Å². The second-order valence-electron chi connectivity index (χ2n) is 7.48. The van der Waals surface area contributed by atoms with Crippen molar-refractivity contribution in [3.8, 4) is 0 Å². The Hall–Kier alpha value is -0.890. The van der Waals surface area contributed by atoms with Crippen LogP contribution in [0.2, 0.25) is 0 Å². The normalized spacial score (nSPS) is 23.4. The largest absolute Gasteiger partial charge is 0.369 e. The molecule has 0 unspecified atom stereocenters. The topological polar surface area (TPSA) is 54.9 Å². The van der Waals surface area contributed by atoms with Crippen molar-refractivity contribution in [3.05, 3.63) is 10.4 Å². The van der Waals surface area contributed by atoms with E-state index in [4.69, 9.17) is 14.7 Å². The number of anilines is 1. The van der Waals surface area contributed by atoms with Gasteiger partial charge in [0.05, 0.1) is 43.8 Å². The van der Waals surface area contributed by atoms with Crippen LogP contribution in [0.25, 0.3) is 10.2 Å². The van der Waals surface area contributed by atoms with Gasteiger partial charge in [-0.25, -0.2) is 9.97 Å². The van der Waals surface area contributed by atoms with Crippen LogP contribution in [0, 0.1) is 0 Å². The Morgan fingerprint density at radius 1 is 1.27 bits per heavy atom. The maximum absolute atomic E-state index is 6.19. The highest BCUT2D eigenvalue weighted by Crippen LogP contribution is 2.43. The number of thiophene rings is 1. The van der Waals surface area contributed by atoms with Gasteiger partial charge in [0.15, 0.2) is 5.16 Å². The van der Waals surface area contributed by atoms with Gasteiger partial charge in [-0.3, -0.25) is 0 Å². The molecule has 2 N–H and O–H groups in total. The number of rotatable bonds is 5. The van der Waals surface area contributed by atoms with E-state index in [0.29, 0.717) is 6.61 Å². The van der Waals surface area contributed by atoms with Crippen LogP contribution in [0.15, 0.2) is 5.16 Å². The Morgan fingerprint density at radius 2 is 2.08 bits per heavy atom. The highest BCUT2D eigenvalue weighted by atomic mass is 32.2. The minimum absolute atomic E-state index is 0.0659. The van der Waals surface area contributed by atoms with E-state index in [1.165, 1.54) is 21.6 Å². The van der Waals surface area contributed by atoms with Gasteiger partial charge in [-0.1, -0.05) is 25.6 Å². The molecule has 0 radical (unpaired) electrons. The molecule has 2 aliphatic heterocycles. The number of nitrogens with two attached hydrogens (primary N) is 1. The average Bonchev–Trinajstić information content (AvgIpc) is 3.03. The molecule has 1 saturated heterocycles. The van der Waals surface area contributed by atoms with Crippen LogP contribution in [0.4, 0.5) is 5.82 Å². The summed E-state index contributed by atoms with van der Waals surface area (Å²) in [4.78, 5) is 15.0.